The maximum absolute atomic E-state index is 9.48. The summed E-state index contributed by atoms with van der Waals surface area (Å²) in [6, 6.07) is 2.27. The SMILES string of the molecule is CCN1CCN(C(C#N)c2c(C)ncn2C)CC1. The van der Waals surface area contributed by atoms with Crippen LogP contribution in [0.5, 0.6) is 0 Å². The van der Waals surface area contributed by atoms with Crippen LogP contribution in [0, 0.1) is 18.3 Å². The van der Waals surface area contributed by atoms with Crippen LogP contribution in [0.15, 0.2) is 6.33 Å². The first-order chi connectivity index (χ1) is 8.67. The van der Waals surface area contributed by atoms with Crippen molar-refractivity contribution in [3.63, 3.8) is 0 Å². The van der Waals surface area contributed by atoms with Crippen LogP contribution in [0.25, 0.3) is 0 Å². The fourth-order valence-corrected chi connectivity index (χ4v) is 2.60. The second-order valence-electron chi connectivity index (χ2n) is 4.83. The third-order valence-electron chi connectivity index (χ3n) is 3.78. The molecule has 1 aromatic rings. The average Bonchev–Trinajstić information content (AvgIpc) is 2.72. The summed E-state index contributed by atoms with van der Waals surface area (Å²) in [5.74, 6) is 0. The second kappa shape index (κ2) is 5.51. The Kier molecular flexibility index (Phi) is 4.00. The Hall–Kier alpha value is -1.38. The summed E-state index contributed by atoms with van der Waals surface area (Å²) >= 11 is 0. The molecule has 5 heteroatoms. The van der Waals surface area contributed by atoms with Crippen molar-refractivity contribution in [3.05, 3.63) is 17.7 Å². The predicted molar refractivity (Wildman–Crippen MR) is 70.0 cm³/mol. The zero-order valence-corrected chi connectivity index (χ0v) is 11.4. The maximum atomic E-state index is 9.48. The average molecular weight is 247 g/mol. The van der Waals surface area contributed by atoms with E-state index in [1.165, 1.54) is 0 Å². The van der Waals surface area contributed by atoms with Crippen molar-refractivity contribution < 1.29 is 0 Å². The van der Waals surface area contributed by atoms with Crippen LogP contribution in [0.2, 0.25) is 0 Å². The van der Waals surface area contributed by atoms with Gasteiger partial charge in [-0.05, 0) is 13.5 Å². The Bertz CT molecular complexity index is 417. The zero-order chi connectivity index (χ0) is 13.1. The number of nitriles is 1. The van der Waals surface area contributed by atoms with Gasteiger partial charge in [0, 0.05) is 33.2 Å². The topological polar surface area (TPSA) is 48.1 Å². The number of piperazine rings is 1. The number of imidazole rings is 1. The first kappa shape index (κ1) is 13.1. The molecule has 0 spiro atoms. The molecular formula is C13H21N5. The summed E-state index contributed by atoms with van der Waals surface area (Å²) in [6.07, 6.45) is 1.79. The largest absolute Gasteiger partial charge is 0.335 e. The van der Waals surface area contributed by atoms with Crippen LogP contribution < -0.4 is 0 Å². The Labute approximate surface area is 109 Å². The van der Waals surface area contributed by atoms with Gasteiger partial charge >= 0.3 is 0 Å². The van der Waals surface area contributed by atoms with Gasteiger partial charge in [-0.2, -0.15) is 5.26 Å². The molecule has 0 aromatic carbocycles. The summed E-state index contributed by atoms with van der Waals surface area (Å²) in [5, 5.41) is 9.48. The predicted octanol–water partition coefficient (Wildman–Crippen LogP) is 0.931. The molecule has 1 fully saturated rings. The van der Waals surface area contributed by atoms with Crippen LogP contribution in [0.4, 0.5) is 0 Å². The van der Waals surface area contributed by atoms with Crippen molar-refractivity contribution in [2.45, 2.75) is 19.9 Å². The molecule has 5 nitrogen and oxygen atoms in total. The Morgan fingerprint density at radius 2 is 2.06 bits per heavy atom. The van der Waals surface area contributed by atoms with Crippen molar-refractivity contribution in [2.24, 2.45) is 7.05 Å². The van der Waals surface area contributed by atoms with Crippen LogP contribution in [-0.4, -0.2) is 52.1 Å². The van der Waals surface area contributed by atoms with Crippen LogP contribution in [0.3, 0.4) is 0 Å². The van der Waals surface area contributed by atoms with Gasteiger partial charge in [0.05, 0.1) is 23.8 Å². The van der Waals surface area contributed by atoms with Gasteiger partial charge < -0.3 is 9.47 Å². The normalized spacial score (nSPS) is 19.7. The lowest BCUT2D eigenvalue weighted by atomic mass is 10.1. The molecule has 2 rings (SSSR count). The molecule has 0 bridgehead atoms. The van der Waals surface area contributed by atoms with E-state index in [-0.39, 0.29) is 6.04 Å². The lowest BCUT2D eigenvalue weighted by molar-refractivity contribution is 0.116. The number of likely N-dealkylation sites (N-methyl/N-ethyl adjacent to an activating group) is 1. The molecule has 1 unspecified atom stereocenters. The van der Waals surface area contributed by atoms with Gasteiger partial charge in [0.25, 0.3) is 0 Å². The van der Waals surface area contributed by atoms with Gasteiger partial charge in [-0.25, -0.2) is 4.98 Å². The molecule has 1 aliphatic rings. The standard InChI is InChI=1S/C13H21N5/c1-4-17-5-7-18(8-6-17)12(9-14)13-11(2)15-10-16(13)3/h10,12H,4-8H2,1-3H3. The molecule has 98 valence electrons. The van der Waals surface area contributed by atoms with Crippen molar-refractivity contribution in [1.82, 2.24) is 19.4 Å². The van der Waals surface area contributed by atoms with Crippen molar-refractivity contribution >= 4 is 0 Å². The lowest BCUT2D eigenvalue weighted by Gasteiger charge is -2.36. The van der Waals surface area contributed by atoms with Crippen LogP contribution in [-0.2, 0) is 7.05 Å². The van der Waals surface area contributed by atoms with E-state index >= 15 is 0 Å². The molecule has 1 aromatic heterocycles. The molecule has 18 heavy (non-hydrogen) atoms. The number of rotatable bonds is 3. The van der Waals surface area contributed by atoms with Gasteiger partial charge in [-0.15, -0.1) is 0 Å². The molecule has 0 aliphatic carbocycles. The number of hydrogen-bond acceptors (Lipinski definition) is 4. The summed E-state index contributed by atoms with van der Waals surface area (Å²) in [4.78, 5) is 8.96. The Morgan fingerprint density at radius 1 is 1.39 bits per heavy atom. The molecular weight excluding hydrogens is 226 g/mol. The van der Waals surface area contributed by atoms with Gasteiger partial charge in [-0.3, -0.25) is 4.90 Å². The highest BCUT2D eigenvalue weighted by Gasteiger charge is 2.27. The molecule has 0 amide bonds. The lowest BCUT2D eigenvalue weighted by Crippen LogP contribution is -2.47. The van der Waals surface area contributed by atoms with E-state index in [1.807, 2.05) is 18.5 Å². The molecule has 1 atom stereocenters. The number of aryl methyl sites for hydroxylation is 2. The summed E-state index contributed by atoms with van der Waals surface area (Å²) in [7, 11) is 1.96. The number of aromatic nitrogens is 2. The summed E-state index contributed by atoms with van der Waals surface area (Å²) < 4.78 is 1.97. The highest BCUT2D eigenvalue weighted by molar-refractivity contribution is 5.22. The van der Waals surface area contributed by atoms with E-state index in [9.17, 15) is 5.26 Å². The van der Waals surface area contributed by atoms with Gasteiger partial charge in [-0.1, -0.05) is 6.92 Å². The van der Waals surface area contributed by atoms with Gasteiger partial charge in [0.1, 0.15) is 6.04 Å². The van der Waals surface area contributed by atoms with Crippen molar-refractivity contribution in [3.8, 4) is 6.07 Å². The monoisotopic (exact) mass is 247 g/mol. The van der Waals surface area contributed by atoms with E-state index in [2.05, 4.69) is 27.8 Å². The van der Waals surface area contributed by atoms with Crippen LogP contribution in [0.1, 0.15) is 24.4 Å². The highest BCUT2D eigenvalue weighted by atomic mass is 15.3. The first-order valence-corrected chi connectivity index (χ1v) is 6.51. The molecule has 0 saturated carbocycles. The number of hydrogen-bond donors (Lipinski definition) is 0. The minimum Gasteiger partial charge on any atom is -0.335 e. The highest BCUT2D eigenvalue weighted by Crippen LogP contribution is 2.23. The summed E-state index contributed by atoms with van der Waals surface area (Å²) in [6.45, 7) is 9.25. The van der Waals surface area contributed by atoms with Crippen LogP contribution >= 0.6 is 0 Å². The van der Waals surface area contributed by atoms with Gasteiger partial charge in [0.2, 0.25) is 0 Å². The molecule has 0 N–H and O–H groups in total. The molecule has 1 saturated heterocycles. The fraction of sp³-hybridized carbons (Fsp3) is 0.692. The number of nitrogens with zero attached hydrogens (tertiary/aromatic N) is 5. The second-order valence-corrected chi connectivity index (χ2v) is 4.83. The van der Waals surface area contributed by atoms with E-state index in [0.717, 1.165) is 44.1 Å². The van der Waals surface area contributed by atoms with Crippen molar-refractivity contribution in [1.29, 1.82) is 5.26 Å². The van der Waals surface area contributed by atoms with E-state index in [0.29, 0.717) is 0 Å². The minimum absolute atomic E-state index is 0.170. The van der Waals surface area contributed by atoms with Gasteiger partial charge in [0.15, 0.2) is 0 Å². The van der Waals surface area contributed by atoms with E-state index in [1.54, 1.807) is 6.33 Å². The quantitative estimate of drug-likeness (QED) is 0.797. The minimum atomic E-state index is -0.170. The third kappa shape index (κ3) is 2.40. The summed E-state index contributed by atoms with van der Waals surface area (Å²) in [5.41, 5.74) is 1.99. The van der Waals surface area contributed by atoms with E-state index in [4.69, 9.17) is 0 Å². The molecule has 1 aliphatic heterocycles. The fourth-order valence-electron chi connectivity index (χ4n) is 2.60. The molecule has 0 radical (unpaired) electrons. The first-order valence-electron chi connectivity index (χ1n) is 6.51. The van der Waals surface area contributed by atoms with Crippen molar-refractivity contribution in [2.75, 3.05) is 32.7 Å². The zero-order valence-electron chi connectivity index (χ0n) is 11.4. The maximum Gasteiger partial charge on any atom is 0.140 e. The molecule has 2 heterocycles. The smallest absolute Gasteiger partial charge is 0.140 e. The van der Waals surface area contributed by atoms with E-state index < -0.39 is 0 Å². The Morgan fingerprint density at radius 3 is 2.50 bits per heavy atom. The Balaban J connectivity index is 2.14. The third-order valence-corrected chi connectivity index (χ3v) is 3.78.